The molecule has 0 aliphatic carbocycles. The van der Waals surface area contributed by atoms with Gasteiger partial charge in [0, 0.05) is 26.2 Å². The third kappa shape index (κ3) is 6.98. The molecular formula is C25H34N2O2. The van der Waals surface area contributed by atoms with Gasteiger partial charge >= 0.3 is 5.97 Å². The van der Waals surface area contributed by atoms with Gasteiger partial charge in [0.05, 0.1) is 12.5 Å². The maximum absolute atomic E-state index is 12.5. The zero-order valence-electron chi connectivity index (χ0n) is 17.6. The van der Waals surface area contributed by atoms with E-state index in [2.05, 4.69) is 40.1 Å². The minimum absolute atomic E-state index is 0.0988. The van der Waals surface area contributed by atoms with Crippen molar-refractivity contribution in [3.05, 3.63) is 71.8 Å². The smallest absolute Gasteiger partial charge is 0.313 e. The Bertz CT molecular complexity index is 712. The Labute approximate surface area is 175 Å². The summed E-state index contributed by atoms with van der Waals surface area (Å²) in [5, 5.41) is 0. The van der Waals surface area contributed by atoms with Crippen LogP contribution in [-0.2, 0) is 16.0 Å². The second-order valence-electron chi connectivity index (χ2n) is 7.78. The lowest BCUT2D eigenvalue weighted by molar-refractivity contribution is -0.145. The molecule has 1 aliphatic heterocycles. The van der Waals surface area contributed by atoms with Crippen molar-refractivity contribution >= 4 is 5.97 Å². The molecule has 1 atom stereocenters. The van der Waals surface area contributed by atoms with E-state index in [0.717, 1.165) is 57.7 Å². The van der Waals surface area contributed by atoms with Crippen LogP contribution >= 0.6 is 0 Å². The summed E-state index contributed by atoms with van der Waals surface area (Å²) in [5.74, 6) is -0.265. The maximum atomic E-state index is 12.5. The summed E-state index contributed by atoms with van der Waals surface area (Å²) in [7, 11) is 0. The molecule has 1 heterocycles. The normalized spacial score (nSPS) is 16.4. The van der Waals surface area contributed by atoms with Crippen LogP contribution in [0, 0.1) is 0 Å². The molecule has 0 saturated carbocycles. The third-order valence-electron chi connectivity index (χ3n) is 5.75. The van der Waals surface area contributed by atoms with Crippen molar-refractivity contribution in [1.29, 1.82) is 0 Å². The molecule has 29 heavy (non-hydrogen) atoms. The number of piperazine rings is 1. The van der Waals surface area contributed by atoms with Crippen molar-refractivity contribution in [2.45, 2.75) is 32.1 Å². The van der Waals surface area contributed by atoms with Gasteiger partial charge in [0.25, 0.3) is 0 Å². The highest BCUT2D eigenvalue weighted by Crippen LogP contribution is 2.22. The first-order chi connectivity index (χ1) is 14.3. The number of carbonyl (C=O) groups excluding carboxylic acids is 1. The van der Waals surface area contributed by atoms with Crippen LogP contribution in [0.1, 0.15) is 36.8 Å². The zero-order chi connectivity index (χ0) is 20.3. The summed E-state index contributed by atoms with van der Waals surface area (Å²) in [6.07, 6.45) is 3.18. The van der Waals surface area contributed by atoms with E-state index in [1.54, 1.807) is 0 Å². The highest BCUT2D eigenvalue weighted by Gasteiger charge is 2.24. The zero-order valence-corrected chi connectivity index (χ0v) is 17.6. The molecule has 1 aliphatic rings. The van der Waals surface area contributed by atoms with Gasteiger partial charge in [0.15, 0.2) is 0 Å². The standard InChI is InChI=1S/C25H34N2O2/c1-2-29-25(28)24(23-13-7-4-8-14-23)15-17-27-20-18-26(19-21-27)16-9-12-22-10-5-3-6-11-22/h3-8,10-11,13-14,24H,2,9,12,15-21H2,1H3. The SMILES string of the molecule is CCOC(=O)C(CCN1CCN(CCCc2ccccc2)CC1)c1ccccc1. The van der Waals surface area contributed by atoms with E-state index in [0.29, 0.717) is 6.61 Å². The number of aryl methyl sites for hydroxylation is 1. The summed E-state index contributed by atoms with van der Waals surface area (Å²) in [6.45, 7) is 8.80. The van der Waals surface area contributed by atoms with Crippen LogP contribution < -0.4 is 0 Å². The van der Waals surface area contributed by atoms with Gasteiger partial charge in [-0.25, -0.2) is 0 Å². The molecule has 0 amide bonds. The predicted molar refractivity (Wildman–Crippen MR) is 118 cm³/mol. The number of ether oxygens (including phenoxy) is 1. The summed E-state index contributed by atoms with van der Waals surface area (Å²) in [6, 6.07) is 20.8. The lowest BCUT2D eigenvalue weighted by Gasteiger charge is -2.35. The Morgan fingerprint density at radius 1 is 0.897 bits per heavy atom. The molecule has 0 spiro atoms. The van der Waals surface area contributed by atoms with Gasteiger partial charge in [-0.3, -0.25) is 4.79 Å². The number of hydrogen-bond acceptors (Lipinski definition) is 4. The fraction of sp³-hybridized carbons (Fsp3) is 0.480. The molecule has 0 N–H and O–H groups in total. The molecule has 3 rings (SSSR count). The van der Waals surface area contributed by atoms with E-state index in [1.807, 2.05) is 37.3 Å². The average Bonchev–Trinajstić information content (AvgIpc) is 2.77. The summed E-state index contributed by atoms with van der Waals surface area (Å²) < 4.78 is 5.33. The van der Waals surface area contributed by atoms with Crippen LogP contribution in [0.25, 0.3) is 0 Å². The van der Waals surface area contributed by atoms with Gasteiger partial charge in [-0.2, -0.15) is 0 Å². The molecule has 0 aromatic heterocycles. The fourth-order valence-electron chi connectivity index (χ4n) is 4.05. The Balaban J connectivity index is 1.40. The van der Waals surface area contributed by atoms with Crippen LogP contribution in [0.4, 0.5) is 0 Å². The number of esters is 1. The number of rotatable bonds is 10. The molecule has 4 heteroatoms. The summed E-state index contributed by atoms with van der Waals surface area (Å²) in [4.78, 5) is 17.5. The fourth-order valence-corrected chi connectivity index (χ4v) is 4.05. The van der Waals surface area contributed by atoms with Crippen LogP contribution in [0.15, 0.2) is 60.7 Å². The topological polar surface area (TPSA) is 32.8 Å². The summed E-state index contributed by atoms with van der Waals surface area (Å²) >= 11 is 0. The minimum atomic E-state index is -0.167. The first-order valence-corrected chi connectivity index (χ1v) is 11.0. The second-order valence-corrected chi connectivity index (χ2v) is 7.78. The average molecular weight is 395 g/mol. The lowest BCUT2D eigenvalue weighted by atomic mass is 9.95. The highest BCUT2D eigenvalue weighted by molar-refractivity contribution is 5.78. The Kier molecular flexibility index (Phi) is 8.72. The van der Waals surface area contributed by atoms with E-state index < -0.39 is 0 Å². The first-order valence-electron chi connectivity index (χ1n) is 11.0. The number of hydrogen-bond donors (Lipinski definition) is 0. The summed E-state index contributed by atoms with van der Waals surface area (Å²) in [5.41, 5.74) is 2.49. The molecule has 1 unspecified atom stereocenters. The van der Waals surface area contributed by atoms with E-state index in [1.165, 1.54) is 12.0 Å². The van der Waals surface area contributed by atoms with Crippen LogP contribution in [0.2, 0.25) is 0 Å². The van der Waals surface area contributed by atoms with Gasteiger partial charge < -0.3 is 14.5 Å². The van der Waals surface area contributed by atoms with E-state index in [9.17, 15) is 4.79 Å². The van der Waals surface area contributed by atoms with Crippen molar-refractivity contribution < 1.29 is 9.53 Å². The highest BCUT2D eigenvalue weighted by atomic mass is 16.5. The molecular weight excluding hydrogens is 360 g/mol. The van der Waals surface area contributed by atoms with Crippen molar-refractivity contribution in [1.82, 2.24) is 9.80 Å². The Morgan fingerprint density at radius 3 is 2.10 bits per heavy atom. The predicted octanol–water partition coefficient (Wildman–Crippen LogP) is 3.97. The number of nitrogens with zero attached hydrogens (tertiary/aromatic N) is 2. The first kappa shape index (κ1) is 21.5. The van der Waals surface area contributed by atoms with Gasteiger partial charge in [-0.1, -0.05) is 60.7 Å². The third-order valence-corrected chi connectivity index (χ3v) is 5.75. The van der Waals surface area contributed by atoms with E-state index >= 15 is 0 Å². The Morgan fingerprint density at radius 2 is 1.48 bits per heavy atom. The molecule has 2 aromatic carbocycles. The van der Waals surface area contributed by atoms with Gasteiger partial charge in [0.1, 0.15) is 0 Å². The molecule has 1 saturated heterocycles. The minimum Gasteiger partial charge on any atom is -0.466 e. The van der Waals surface area contributed by atoms with Crippen molar-refractivity contribution in [2.24, 2.45) is 0 Å². The molecule has 2 aromatic rings. The molecule has 1 fully saturated rings. The molecule has 0 bridgehead atoms. The molecule has 156 valence electrons. The van der Waals surface area contributed by atoms with Crippen LogP contribution in [0.5, 0.6) is 0 Å². The van der Waals surface area contributed by atoms with Crippen molar-refractivity contribution in [3.8, 4) is 0 Å². The maximum Gasteiger partial charge on any atom is 0.313 e. The van der Waals surface area contributed by atoms with Crippen LogP contribution in [0.3, 0.4) is 0 Å². The number of benzene rings is 2. The largest absolute Gasteiger partial charge is 0.466 e. The monoisotopic (exact) mass is 394 g/mol. The quantitative estimate of drug-likeness (QED) is 0.571. The van der Waals surface area contributed by atoms with Gasteiger partial charge in [-0.15, -0.1) is 0 Å². The number of carbonyl (C=O) groups is 1. The van der Waals surface area contributed by atoms with E-state index in [4.69, 9.17) is 4.74 Å². The van der Waals surface area contributed by atoms with Gasteiger partial charge in [0.2, 0.25) is 0 Å². The molecule has 4 nitrogen and oxygen atoms in total. The van der Waals surface area contributed by atoms with Crippen molar-refractivity contribution in [3.63, 3.8) is 0 Å². The second kappa shape index (κ2) is 11.7. The van der Waals surface area contributed by atoms with Gasteiger partial charge in [-0.05, 0) is 50.4 Å². The van der Waals surface area contributed by atoms with E-state index in [-0.39, 0.29) is 11.9 Å². The Hall–Kier alpha value is -2.17. The lowest BCUT2D eigenvalue weighted by Crippen LogP contribution is -2.47. The molecule has 0 radical (unpaired) electrons. The van der Waals surface area contributed by atoms with Crippen molar-refractivity contribution in [2.75, 3.05) is 45.9 Å². The van der Waals surface area contributed by atoms with Crippen LogP contribution in [-0.4, -0.2) is 61.6 Å².